The second kappa shape index (κ2) is 12.1. The van der Waals surface area contributed by atoms with E-state index >= 15 is 4.39 Å². The van der Waals surface area contributed by atoms with Crippen molar-refractivity contribution < 1.29 is 18.4 Å². The molecule has 6 nitrogen and oxygen atoms in total. The molecule has 2 saturated heterocycles. The fourth-order valence-electron chi connectivity index (χ4n) is 7.50. The van der Waals surface area contributed by atoms with Crippen molar-refractivity contribution in [1.82, 2.24) is 19.7 Å². The fraction of sp³-hybridized carbons (Fsp3) is 0.686. The molecular formula is C35H50F2N4O2S. The molecule has 1 aliphatic carbocycles. The van der Waals surface area contributed by atoms with Gasteiger partial charge in [-0.05, 0) is 69.9 Å². The highest BCUT2D eigenvalue weighted by molar-refractivity contribution is 7.09. The number of hydrogen-bond donors (Lipinski definition) is 0. The van der Waals surface area contributed by atoms with Crippen LogP contribution in [0.2, 0.25) is 0 Å². The van der Waals surface area contributed by atoms with Crippen molar-refractivity contribution in [3.63, 3.8) is 0 Å². The lowest BCUT2D eigenvalue weighted by atomic mass is 9.74. The Labute approximate surface area is 266 Å². The second-order valence-corrected chi connectivity index (χ2v) is 17.0. The Morgan fingerprint density at radius 3 is 2.25 bits per heavy atom. The van der Waals surface area contributed by atoms with Crippen LogP contribution >= 0.6 is 11.3 Å². The molecule has 1 aromatic carbocycles. The Morgan fingerprint density at radius 2 is 1.68 bits per heavy atom. The average molecular weight is 629 g/mol. The first kappa shape index (κ1) is 33.0. The van der Waals surface area contributed by atoms with Crippen molar-refractivity contribution in [2.45, 2.75) is 117 Å². The van der Waals surface area contributed by atoms with Crippen LogP contribution in [-0.4, -0.2) is 68.8 Å². The highest BCUT2D eigenvalue weighted by Gasteiger charge is 2.50. The summed E-state index contributed by atoms with van der Waals surface area (Å²) in [4.78, 5) is 39.8. The van der Waals surface area contributed by atoms with E-state index in [1.54, 1.807) is 6.20 Å². The number of thiazole rings is 1. The maximum atomic E-state index is 15.2. The summed E-state index contributed by atoms with van der Waals surface area (Å²) in [6.45, 7) is 18.3. The Balaban J connectivity index is 1.50. The fourth-order valence-corrected chi connectivity index (χ4v) is 8.27. The number of likely N-dealkylation sites (tertiary alicyclic amines) is 2. The van der Waals surface area contributed by atoms with E-state index in [-0.39, 0.29) is 40.9 Å². The molecule has 4 atom stereocenters. The molecule has 44 heavy (non-hydrogen) atoms. The molecule has 0 N–H and O–H groups in total. The first-order valence-electron chi connectivity index (χ1n) is 16.2. The zero-order chi connectivity index (χ0) is 32.2. The van der Waals surface area contributed by atoms with Crippen molar-refractivity contribution in [2.24, 2.45) is 16.7 Å². The number of aromatic nitrogens is 1. The van der Waals surface area contributed by atoms with Gasteiger partial charge in [-0.2, -0.15) is 0 Å². The third kappa shape index (κ3) is 6.74. The van der Waals surface area contributed by atoms with Crippen LogP contribution < -0.4 is 0 Å². The van der Waals surface area contributed by atoms with E-state index in [0.29, 0.717) is 31.6 Å². The Hall–Kier alpha value is -2.39. The molecular weight excluding hydrogens is 578 g/mol. The van der Waals surface area contributed by atoms with Crippen LogP contribution in [0.5, 0.6) is 0 Å². The number of hydrogen-bond acceptors (Lipinski definition) is 5. The highest BCUT2D eigenvalue weighted by Crippen LogP contribution is 2.45. The average Bonchev–Trinajstić information content (AvgIpc) is 3.68. The summed E-state index contributed by atoms with van der Waals surface area (Å²) in [5.41, 5.74) is -0.130. The van der Waals surface area contributed by atoms with Gasteiger partial charge in [-0.1, -0.05) is 40.7 Å². The van der Waals surface area contributed by atoms with Gasteiger partial charge in [0.1, 0.15) is 16.6 Å². The van der Waals surface area contributed by atoms with Gasteiger partial charge >= 0.3 is 0 Å². The number of halogens is 2. The minimum absolute atomic E-state index is 0.0406. The molecule has 2 aliphatic heterocycles. The number of rotatable bonds is 5. The second-order valence-electron chi connectivity index (χ2n) is 16.1. The van der Waals surface area contributed by atoms with Gasteiger partial charge in [-0.3, -0.25) is 14.5 Å². The first-order valence-corrected chi connectivity index (χ1v) is 17.1. The molecule has 2 amide bonds. The molecule has 3 aliphatic rings. The van der Waals surface area contributed by atoms with Gasteiger partial charge in [0.25, 0.3) is 0 Å². The van der Waals surface area contributed by atoms with Crippen LogP contribution in [0.1, 0.15) is 110 Å². The molecule has 0 bridgehead atoms. The van der Waals surface area contributed by atoms with Crippen LogP contribution in [0.4, 0.5) is 8.78 Å². The Bertz CT molecular complexity index is 1340. The first-order chi connectivity index (χ1) is 20.5. The van der Waals surface area contributed by atoms with E-state index in [1.165, 1.54) is 23.5 Å². The number of carbonyl (C=O) groups excluding carboxylic acids is 2. The van der Waals surface area contributed by atoms with E-state index in [2.05, 4.69) is 49.4 Å². The van der Waals surface area contributed by atoms with Crippen LogP contribution in [0.3, 0.4) is 0 Å². The predicted molar refractivity (Wildman–Crippen MR) is 171 cm³/mol. The number of benzene rings is 1. The van der Waals surface area contributed by atoms with E-state index in [1.807, 2.05) is 31.1 Å². The monoisotopic (exact) mass is 628 g/mol. The van der Waals surface area contributed by atoms with E-state index in [0.717, 1.165) is 36.8 Å². The van der Waals surface area contributed by atoms with Crippen molar-refractivity contribution in [3.05, 3.63) is 52.0 Å². The topological polar surface area (TPSA) is 56.8 Å². The van der Waals surface area contributed by atoms with Crippen molar-refractivity contribution in [3.8, 4) is 0 Å². The SMILES string of the molecule is CC1(C)CCC(N(C(=O)C(C)(C)C)[C@H]2C[C@H](c3nccs3)N(C(=O)[C@@H]3CN(C(C)(C)C)C[C@H]3c3ccc(F)cc3F)C2)CC1. The van der Waals surface area contributed by atoms with Gasteiger partial charge < -0.3 is 9.80 Å². The molecule has 0 unspecified atom stereocenters. The smallest absolute Gasteiger partial charge is 0.228 e. The van der Waals surface area contributed by atoms with Gasteiger partial charge in [0.15, 0.2) is 0 Å². The summed E-state index contributed by atoms with van der Waals surface area (Å²) < 4.78 is 29.1. The van der Waals surface area contributed by atoms with Gasteiger partial charge in [0.2, 0.25) is 11.8 Å². The van der Waals surface area contributed by atoms with Gasteiger partial charge in [0, 0.05) is 60.2 Å². The molecule has 0 radical (unpaired) electrons. The third-order valence-corrected chi connectivity index (χ3v) is 11.1. The molecule has 5 rings (SSSR count). The number of amides is 2. The molecule has 3 heterocycles. The van der Waals surface area contributed by atoms with Crippen molar-refractivity contribution in [1.29, 1.82) is 0 Å². The molecule has 1 aromatic heterocycles. The van der Waals surface area contributed by atoms with Gasteiger partial charge in [0.05, 0.1) is 18.0 Å². The molecule has 1 saturated carbocycles. The third-order valence-electron chi connectivity index (χ3n) is 10.2. The highest BCUT2D eigenvalue weighted by atomic mass is 32.1. The molecule has 9 heteroatoms. The minimum atomic E-state index is -0.624. The predicted octanol–water partition coefficient (Wildman–Crippen LogP) is 7.42. The van der Waals surface area contributed by atoms with E-state index in [9.17, 15) is 14.0 Å². The largest absolute Gasteiger partial charge is 0.334 e. The zero-order valence-electron chi connectivity index (χ0n) is 27.7. The summed E-state index contributed by atoms with van der Waals surface area (Å²) in [6.07, 6.45) is 6.43. The molecule has 3 fully saturated rings. The van der Waals surface area contributed by atoms with E-state index in [4.69, 9.17) is 0 Å². The number of nitrogens with zero attached hydrogens (tertiary/aromatic N) is 4. The van der Waals surface area contributed by atoms with Crippen LogP contribution in [0.15, 0.2) is 29.8 Å². The maximum absolute atomic E-state index is 15.2. The summed E-state index contributed by atoms with van der Waals surface area (Å²) in [5, 5.41) is 2.80. The normalized spacial score (nSPS) is 26.7. The van der Waals surface area contributed by atoms with Gasteiger partial charge in [-0.25, -0.2) is 13.8 Å². The standard InChI is InChI=1S/C35H50F2N4O2S/c1-33(2,3)32(43)41(23-11-13-35(7,8)14-12-23)24-18-29(30-38-15-16-44-30)40(19-24)31(42)27-21-39(34(4,5)6)20-26(27)25-10-9-22(36)17-28(25)37/h9-10,15-17,23-24,26-27,29H,11-14,18-21H2,1-8H3/t24-,26-,27+,29+/m0/s1. The van der Waals surface area contributed by atoms with Crippen molar-refractivity contribution >= 4 is 23.2 Å². The number of carbonyl (C=O) groups is 2. The molecule has 0 spiro atoms. The van der Waals surface area contributed by atoms with E-state index < -0.39 is 28.9 Å². The molecule has 242 valence electrons. The van der Waals surface area contributed by atoms with Crippen LogP contribution in [0, 0.1) is 28.4 Å². The zero-order valence-corrected chi connectivity index (χ0v) is 28.5. The maximum Gasteiger partial charge on any atom is 0.228 e. The molecule has 2 aromatic rings. The summed E-state index contributed by atoms with van der Waals surface area (Å²) >= 11 is 1.53. The summed E-state index contributed by atoms with van der Waals surface area (Å²) in [5.74, 6) is -2.06. The summed E-state index contributed by atoms with van der Waals surface area (Å²) in [7, 11) is 0. The van der Waals surface area contributed by atoms with Crippen LogP contribution in [-0.2, 0) is 9.59 Å². The lowest BCUT2D eigenvalue weighted by Gasteiger charge is -2.45. The lowest BCUT2D eigenvalue weighted by molar-refractivity contribution is -0.147. The quantitative estimate of drug-likeness (QED) is 0.346. The minimum Gasteiger partial charge on any atom is -0.334 e. The summed E-state index contributed by atoms with van der Waals surface area (Å²) in [6, 6.07) is 3.45. The Morgan fingerprint density at radius 1 is 1.00 bits per heavy atom. The Kier molecular flexibility index (Phi) is 9.06. The lowest BCUT2D eigenvalue weighted by Crippen LogP contribution is -2.54. The van der Waals surface area contributed by atoms with Crippen molar-refractivity contribution in [2.75, 3.05) is 19.6 Å². The van der Waals surface area contributed by atoms with Crippen LogP contribution in [0.25, 0.3) is 0 Å². The van der Waals surface area contributed by atoms with Gasteiger partial charge in [-0.15, -0.1) is 11.3 Å².